The van der Waals surface area contributed by atoms with Crippen LogP contribution in [0.3, 0.4) is 0 Å². The van der Waals surface area contributed by atoms with Crippen LogP contribution in [0, 0.1) is 0 Å². The molecule has 0 aromatic carbocycles. The second kappa shape index (κ2) is 2.98. The molecule has 2 amide bonds. The Morgan fingerprint density at radius 1 is 1.57 bits per heavy atom. The Hall–Kier alpha value is -1.04. The van der Waals surface area contributed by atoms with E-state index in [1.54, 1.807) is 6.08 Å². The predicted molar refractivity (Wildman–Crippen MR) is 51.7 cm³/mol. The summed E-state index contributed by atoms with van der Waals surface area (Å²) < 4.78 is 22.6. The Morgan fingerprint density at radius 3 is 2.93 bits per heavy atom. The Morgan fingerprint density at radius 2 is 2.29 bits per heavy atom. The van der Waals surface area contributed by atoms with E-state index >= 15 is 0 Å². The van der Waals surface area contributed by atoms with Crippen molar-refractivity contribution in [3.05, 3.63) is 12.7 Å². The van der Waals surface area contributed by atoms with E-state index < -0.39 is 9.84 Å². The van der Waals surface area contributed by atoms with Crippen LogP contribution in [0.15, 0.2) is 12.7 Å². The third kappa shape index (κ3) is 1.39. The van der Waals surface area contributed by atoms with Gasteiger partial charge in [0.1, 0.15) is 0 Å². The van der Waals surface area contributed by atoms with Gasteiger partial charge in [-0.15, -0.1) is 6.58 Å². The van der Waals surface area contributed by atoms with Crippen molar-refractivity contribution in [1.82, 2.24) is 10.2 Å². The average molecular weight is 216 g/mol. The third-order valence-electron chi connectivity index (χ3n) is 2.62. The van der Waals surface area contributed by atoms with E-state index in [4.69, 9.17) is 0 Å². The summed E-state index contributed by atoms with van der Waals surface area (Å²) in [5.74, 6) is 0.140. The number of nitrogens with one attached hydrogen (secondary N) is 1. The van der Waals surface area contributed by atoms with Crippen LogP contribution < -0.4 is 5.32 Å². The fourth-order valence-corrected chi connectivity index (χ4v) is 3.94. The van der Waals surface area contributed by atoms with Crippen LogP contribution in [0.4, 0.5) is 4.79 Å². The van der Waals surface area contributed by atoms with Gasteiger partial charge in [-0.2, -0.15) is 0 Å². The molecule has 78 valence electrons. The zero-order valence-electron chi connectivity index (χ0n) is 7.64. The lowest BCUT2D eigenvalue weighted by Gasteiger charge is -2.18. The number of nitrogens with zero attached hydrogens (tertiary/aromatic N) is 1. The van der Waals surface area contributed by atoms with Crippen molar-refractivity contribution in [2.45, 2.75) is 12.1 Å². The van der Waals surface area contributed by atoms with Crippen LogP contribution in [-0.4, -0.2) is 49.5 Å². The van der Waals surface area contributed by atoms with E-state index in [2.05, 4.69) is 11.9 Å². The van der Waals surface area contributed by atoms with Crippen molar-refractivity contribution in [2.24, 2.45) is 0 Å². The zero-order chi connectivity index (χ0) is 10.3. The molecule has 14 heavy (non-hydrogen) atoms. The maximum Gasteiger partial charge on any atom is 0.318 e. The minimum absolute atomic E-state index is 0.0665. The minimum Gasteiger partial charge on any atom is -0.332 e. The molecule has 1 N–H and O–H groups in total. The number of hydrogen-bond acceptors (Lipinski definition) is 3. The first-order chi connectivity index (χ1) is 6.53. The highest BCUT2D eigenvalue weighted by Crippen LogP contribution is 2.23. The number of fused-ring (bicyclic) bond motifs is 1. The molecular weight excluding hydrogens is 204 g/mol. The van der Waals surface area contributed by atoms with Crippen molar-refractivity contribution in [3.63, 3.8) is 0 Å². The molecule has 0 spiro atoms. The van der Waals surface area contributed by atoms with E-state index in [1.807, 2.05) is 0 Å². The standard InChI is InChI=1S/C8H12N2O3S/c1-2-3-10-7-5-14(12,13)4-6(7)9-8(10)11/h2,6-7H,1,3-5H2,(H,9,11)/t6-,7+/m0/s1. The van der Waals surface area contributed by atoms with Crippen LogP contribution in [0.5, 0.6) is 0 Å². The summed E-state index contributed by atoms with van der Waals surface area (Å²) in [6, 6.07) is -0.618. The molecule has 0 aliphatic carbocycles. The molecule has 0 aromatic heterocycles. The summed E-state index contributed by atoms with van der Waals surface area (Å²) in [5.41, 5.74) is 0. The van der Waals surface area contributed by atoms with Gasteiger partial charge < -0.3 is 10.2 Å². The first-order valence-corrected chi connectivity index (χ1v) is 6.24. The van der Waals surface area contributed by atoms with Gasteiger partial charge in [0.25, 0.3) is 0 Å². The first-order valence-electron chi connectivity index (χ1n) is 4.42. The van der Waals surface area contributed by atoms with E-state index in [-0.39, 0.29) is 29.6 Å². The molecule has 6 heteroatoms. The Bertz CT molecular complexity index is 376. The number of carbonyl (C=O) groups is 1. The number of carbonyl (C=O) groups excluding carboxylic acids is 1. The zero-order valence-corrected chi connectivity index (χ0v) is 8.46. The van der Waals surface area contributed by atoms with E-state index in [1.165, 1.54) is 4.90 Å². The minimum atomic E-state index is -2.97. The molecule has 0 aromatic rings. The number of amides is 2. The first kappa shape index (κ1) is 9.51. The topological polar surface area (TPSA) is 66.5 Å². The summed E-state index contributed by atoms with van der Waals surface area (Å²) in [4.78, 5) is 12.9. The van der Waals surface area contributed by atoms with Gasteiger partial charge in [0.2, 0.25) is 0 Å². The molecule has 5 nitrogen and oxygen atoms in total. The molecule has 0 saturated carbocycles. The molecule has 2 aliphatic heterocycles. The number of hydrogen-bond donors (Lipinski definition) is 1. The maximum atomic E-state index is 11.4. The van der Waals surface area contributed by atoms with Gasteiger partial charge in [0, 0.05) is 6.54 Å². The summed E-state index contributed by atoms with van der Waals surface area (Å²) >= 11 is 0. The van der Waals surface area contributed by atoms with Crippen LogP contribution in [0.1, 0.15) is 0 Å². The summed E-state index contributed by atoms with van der Waals surface area (Å²) in [6.45, 7) is 3.94. The van der Waals surface area contributed by atoms with Gasteiger partial charge >= 0.3 is 6.03 Å². The van der Waals surface area contributed by atoms with Gasteiger partial charge in [0.15, 0.2) is 9.84 Å². The SMILES string of the molecule is C=CCN1C(=O)N[C@H]2CS(=O)(=O)C[C@H]21. The van der Waals surface area contributed by atoms with Crippen molar-refractivity contribution >= 4 is 15.9 Å². The molecule has 2 atom stereocenters. The number of sulfone groups is 1. The highest BCUT2D eigenvalue weighted by molar-refractivity contribution is 7.91. The Balaban J connectivity index is 2.21. The van der Waals surface area contributed by atoms with Gasteiger partial charge in [-0.3, -0.25) is 0 Å². The maximum absolute atomic E-state index is 11.4. The molecule has 2 aliphatic rings. The molecular formula is C8H12N2O3S. The summed E-state index contributed by atoms with van der Waals surface area (Å²) in [7, 11) is -2.97. The van der Waals surface area contributed by atoms with Crippen molar-refractivity contribution in [3.8, 4) is 0 Å². The monoisotopic (exact) mass is 216 g/mol. The lowest BCUT2D eigenvalue weighted by atomic mass is 10.2. The lowest BCUT2D eigenvalue weighted by molar-refractivity contribution is 0.213. The molecule has 2 fully saturated rings. The second-order valence-corrected chi connectivity index (χ2v) is 5.80. The molecule has 0 radical (unpaired) electrons. The van der Waals surface area contributed by atoms with Gasteiger partial charge in [-0.1, -0.05) is 6.08 Å². The third-order valence-corrected chi connectivity index (χ3v) is 4.33. The van der Waals surface area contributed by atoms with E-state index in [9.17, 15) is 13.2 Å². The van der Waals surface area contributed by atoms with E-state index in [0.717, 1.165) is 0 Å². The fraction of sp³-hybridized carbons (Fsp3) is 0.625. The lowest BCUT2D eigenvalue weighted by Crippen LogP contribution is -2.36. The largest absolute Gasteiger partial charge is 0.332 e. The highest BCUT2D eigenvalue weighted by Gasteiger charge is 2.48. The quantitative estimate of drug-likeness (QED) is 0.493. The average Bonchev–Trinajstić information content (AvgIpc) is 2.47. The molecule has 2 heterocycles. The summed E-state index contributed by atoms with van der Waals surface area (Å²) in [5, 5.41) is 2.67. The van der Waals surface area contributed by atoms with Gasteiger partial charge in [-0.05, 0) is 0 Å². The van der Waals surface area contributed by atoms with Crippen molar-refractivity contribution < 1.29 is 13.2 Å². The predicted octanol–water partition coefficient (Wildman–Crippen LogP) is -0.637. The Labute approximate surface area is 82.7 Å². The van der Waals surface area contributed by atoms with Crippen LogP contribution in [-0.2, 0) is 9.84 Å². The molecule has 0 bridgehead atoms. The fourth-order valence-electron chi connectivity index (χ4n) is 2.02. The van der Waals surface area contributed by atoms with Gasteiger partial charge in [0.05, 0.1) is 23.6 Å². The smallest absolute Gasteiger partial charge is 0.318 e. The molecule has 2 rings (SSSR count). The molecule has 2 saturated heterocycles. The van der Waals surface area contributed by atoms with Crippen LogP contribution >= 0.6 is 0 Å². The Kier molecular flexibility index (Phi) is 2.02. The van der Waals surface area contributed by atoms with Crippen molar-refractivity contribution in [1.29, 1.82) is 0 Å². The normalized spacial score (nSPS) is 34.0. The number of rotatable bonds is 2. The molecule has 0 unspecified atom stereocenters. The van der Waals surface area contributed by atoms with Gasteiger partial charge in [-0.25, -0.2) is 13.2 Å². The summed E-state index contributed by atoms with van der Waals surface area (Å²) in [6.07, 6.45) is 1.60. The highest BCUT2D eigenvalue weighted by atomic mass is 32.2. The van der Waals surface area contributed by atoms with E-state index in [0.29, 0.717) is 6.54 Å². The van der Waals surface area contributed by atoms with Crippen molar-refractivity contribution in [2.75, 3.05) is 18.1 Å². The van der Waals surface area contributed by atoms with Crippen LogP contribution in [0.2, 0.25) is 0 Å². The number of urea groups is 1. The van der Waals surface area contributed by atoms with Crippen LogP contribution in [0.25, 0.3) is 0 Å². The second-order valence-electron chi connectivity index (χ2n) is 3.64.